The fraction of sp³-hybridized carbons (Fsp3) is 0.0588. The van der Waals surface area contributed by atoms with Crippen molar-refractivity contribution in [3.05, 3.63) is 76.1 Å². The molecule has 1 amide bonds. The predicted octanol–water partition coefficient (Wildman–Crippen LogP) is 4.33. The van der Waals surface area contributed by atoms with Crippen molar-refractivity contribution in [1.29, 1.82) is 0 Å². The van der Waals surface area contributed by atoms with Crippen LogP contribution in [0.15, 0.2) is 59.1 Å². The number of anilines is 1. The summed E-state index contributed by atoms with van der Waals surface area (Å²) in [5.74, 6) is -0.177. The summed E-state index contributed by atoms with van der Waals surface area (Å²) in [7, 11) is 0. The highest BCUT2D eigenvalue weighted by Crippen LogP contribution is 2.17. The van der Waals surface area contributed by atoms with Crippen LogP contribution in [0.25, 0.3) is 5.69 Å². The smallest absolute Gasteiger partial charge is 0.256 e. The molecule has 116 valence electrons. The minimum Gasteiger partial charge on any atom is -0.305 e. The second kappa shape index (κ2) is 6.34. The number of benzene rings is 2. The van der Waals surface area contributed by atoms with Crippen molar-refractivity contribution >= 4 is 27.7 Å². The zero-order valence-corrected chi connectivity index (χ0v) is 13.8. The van der Waals surface area contributed by atoms with Crippen molar-refractivity contribution in [3.8, 4) is 5.69 Å². The Balaban J connectivity index is 1.85. The Kier molecular flexibility index (Phi) is 4.25. The van der Waals surface area contributed by atoms with Gasteiger partial charge in [-0.05, 0) is 43.3 Å². The third kappa shape index (κ3) is 3.48. The maximum absolute atomic E-state index is 13.3. The molecule has 23 heavy (non-hydrogen) atoms. The van der Waals surface area contributed by atoms with Gasteiger partial charge >= 0.3 is 0 Å². The van der Waals surface area contributed by atoms with Gasteiger partial charge < -0.3 is 5.32 Å². The number of carbonyl (C=O) groups is 1. The maximum atomic E-state index is 13.3. The van der Waals surface area contributed by atoms with Gasteiger partial charge in [-0.1, -0.05) is 28.1 Å². The Labute approximate surface area is 141 Å². The van der Waals surface area contributed by atoms with Crippen LogP contribution in [-0.2, 0) is 0 Å². The van der Waals surface area contributed by atoms with Gasteiger partial charge in [0.05, 0.1) is 5.69 Å². The van der Waals surface area contributed by atoms with Crippen molar-refractivity contribution in [2.75, 3.05) is 5.32 Å². The van der Waals surface area contributed by atoms with Gasteiger partial charge in [0.1, 0.15) is 5.82 Å². The Bertz CT molecular complexity index is 876. The molecular formula is C17H13BrFN3O. The highest BCUT2D eigenvalue weighted by molar-refractivity contribution is 9.10. The van der Waals surface area contributed by atoms with E-state index in [1.54, 1.807) is 41.1 Å². The molecule has 0 fully saturated rings. The average molecular weight is 374 g/mol. The van der Waals surface area contributed by atoms with Crippen LogP contribution < -0.4 is 5.32 Å². The predicted molar refractivity (Wildman–Crippen MR) is 90.4 cm³/mol. The molecule has 0 aliphatic rings. The first-order chi connectivity index (χ1) is 11.0. The van der Waals surface area contributed by atoms with Gasteiger partial charge in [0, 0.05) is 21.8 Å². The number of aromatic nitrogens is 2. The number of hydrogen-bond acceptors (Lipinski definition) is 2. The SMILES string of the molecule is Cc1cc(NC(=O)c2cccc(Br)c2)nn1-c1cccc(F)c1. The maximum Gasteiger partial charge on any atom is 0.256 e. The highest BCUT2D eigenvalue weighted by Gasteiger charge is 2.11. The molecule has 3 rings (SSSR count). The van der Waals surface area contributed by atoms with Gasteiger partial charge in [-0.2, -0.15) is 0 Å². The molecular weight excluding hydrogens is 361 g/mol. The van der Waals surface area contributed by atoms with Crippen molar-refractivity contribution in [3.63, 3.8) is 0 Å². The number of nitrogens with zero attached hydrogens (tertiary/aromatic N) is 2. The quantitative estimate of drug-likeness (QED) is 0.742. The number of hydrogen-bond donors (Lipinski definition) is 1. The van der Waals surface area contributed by atoms with E-state index in [2.05, 4.69) is 26.3 Å². The average Bonchev–Trinajstić information content (AvgIpc) is 2.88. The Morgan fingerprint density at radius 3 is 2.70 bits per heavy atom. The van der Waals surface area contributed by atoms with Crippen molar-refractivity contribution in [1.82, 2.24) is 9.78 Å². The van der Waals surface area contributed by atoms with Crippen molar-refractivity contribution < 1.29 is 9.18 Å². The lowest BCUT2D eigenvalue weighted by Crippen LogP contribution is -2.12. The minimum atomic E-state index is -0.336. The molecule has 0 spiro atoms. The summed E-state index contributed by atoms with van der Waals surface area (Å²) in [6.07, 6.45) is 0. The fourth-order valence-corrected chi connectivity index (χ4v) is 2.62. The van der Waals surface area contributed by atoms with E-state index in [1.165, 1.54) is 12.1 Å². The molecule has 0 bridgehead atoms. The molecule has 0 aliphatic heterocycles. The van der Waals surface area contributed by atoms with Crippen molar-refractivity contribution in [2.45, 2.75) is 6.92 Å². The van der Waals surface area contributed by atoms with E-state index in [9.17, 15) is 9.18 Å². The fourth-order valence-electron chi connectivity index (χ4n) is 2.22. The molecule has 1 aromatic heterocycles. The summed E-state index contributed by atoms with van der Waals surface area (Å²) in [5, 5.41) is 7.06. The number of carbonyl (C=O) groups excluding carboxylic acids is 1. The van der Waals surface area contributed by atoms with E-state index in [4.69, 9.17) is 0 Å². The molecule has 0 atom stereocenters. The summed E-state index contributed by atoms with van der Waals surface area (Å²) < 4.78 is 15.8. The van der Waals surface area contributed by atoms with Crippen LogP contribution in [0, 0.1) is 12.7 Å². The van der Waals surface area contributed by atoms with Crippen LogP contribution >= 0.6 is 15.9 Å². The third-order valence-corrected chi connectivity index (χ3v) is 3.76. The van der Waals surface area contributed by atoms with Crippen LogP contribution in [0.3, 0.4) is 0 Å². The molecule has 3 aromatic rings. The first-order valence-corrected chi connectivity index (χ1v) is 7.72. The standard InChI is InChI=1S/C17H13BrFN3O/c1-11-8-16(20-17(23)12-4-2-5-13(18)9-12)21-22(11)15-7-3-6-14(19)10-15/h2-10H,1H3,(H,20,21,23). The molecule has 0 aliphatic carbocycles. The molecule has 6 heteroatoms. The van der Waals surface area contributed by atoms with E-state index in [0.717, 1.165) is 10.2 Å². The molecule has 0 saturated carbocycles. The number of amides is 1. The molecule has 1 N–H and O–H groups in total. The molecule has 0 unspecified atom stereocenters. The van der Waals surface area contributed by atoms with Gasteiger partial charge in [0.2, 0.25) is 0 Å². The van der Waals surface area contributed by atoms with E-state index >= 15 is 0 Å². The van der Waals surface area contributed by atoms with Crippen LogP contribution in [0.4, 0.5) is 10.2 Å². The zero-order chi connectivity index (χ0) is 16.4. The van der Waals surface area contributed by atoms with Crippen molar-refractivity contribution in [2.24, 2.45) is 0 Å². The largest absolute Gasteiger partial charge is 0.305 e. The van der Waals surface area contributed by atoms with Crippen LogP contribution in [0.1, 0.15) is 16.1 Å². The Morgan fingerprint density at radius 2 is 1.96 bits per heavy atom. The molecule has 1 heterocycles. The van der Waals surface area contributed by atoms with Gasteiger partial charge in [0.15, 0.2) is 5.82 Å². The van der Waals surface area contributed by atoms with Gasteiger partial charge in [0.25, 0.3) is 5.91 Å². The number of nitrogens with one attached hydrogen (secondary N) is 1. The van der Waals surface area contributed by atoms with Gasteiger partial charge in [-0.15, -0.1) is 5.10 Å². The number of rotatable bonds is 3. The lowest BCUT2D eigenvalue weighted by Gasteiger charge is -2.04. The second-order valence-corrected chi connectivity index (χ2v) is 5.94. The van der Waals surface area contributed by atoms with E-state index in [0.29, 0.717) is 17.1 Å². The monoisotopic (exact) mass is 373 g/mol. The van der Waals surface area contributed by atoms with E-state index < -0.39 is 0 Å². The first kappa shape index (κ1) is 15.4. The summed E-state index contributed by atoms with van der Waals surface area (Å²) in [6.45, 7) is 1.84. The minimum absolute atomic E-state index is 0.254. The third-order valence-electron chi connectivity index (χ3n) is 3.27. The Hall–Kier alpha value is -2.47. The summed E-state index contributed by atoms with van der Waals surface area (Å²) in [6, 6.07) is 14.9. The summed E-state index contributed by atoms with van der Waals surface area (Å²) in [5.41, 5.74) is 1.92. The van der Waals surface area contributed by atoms with Gasteiger partial charge in [-0.3, -0.25) is 4.79 Å². The van der Waals surface area contributed by atoms with E-state index in [1.807, 2.05) is 13.0 Å². The molecule has 0 radical (unpaired) electrons. The lowest BCUT2D eigenvalue weighted by atomic mass is 10.2. The zero-order valence-electron chi connectivity index (χ0n) is 12.3. The topological polar surface area (TPSA) is 46.9 Å². The van der Waals surface area contributed by atoms with E-state index in [-0.39, 0.29) is 11.7 Å². The van der Waals surface area contributed by atoms with Gasteiger partial charge in [-0.25, -0.2) is 9.07 Å². The molecule has 2 aromatic carbocycles. The first-order valence-electron chi connectivity index (χ1n) is 6.92. The summed E-state index contributed by atoms with van der Waals surface area (Å²) >= 11 is 3.33. The molecule has 4 nitrogen and oxygen atoms in total. The summed E-state index contributed by atoms with van der Waals surface area (Å²) in [4.78, 5) is 12.2. The second-order valence-electron chi connectivity index (χ2n) is 5.03. The van der Waals surface area contributed by atoms with Crippen LogP contribution in [0.5, 0.6) is 0 Å². The number of halogens is 2. The van der Waals surface area contributed by atoms with Crippen LogP contribution in [0.2, 0.25) is 0 Å². The lowest BCUT2D eigenvalue weighted by molar-refractivity contribution is 0.102. The highest BCUT2D eigenvalue weighted by atomic mass is 79.9. The Morgan fingerprint density at radius 1 is 1.17 bits per heavy atom. The normalized spacial score (nSPS) is 10.6. The van der Waals surface area contributed by atoms with Crippen LogP contribution in [-0.4, -0.2) is 15.7 Å². The molecule has 0 saturated heterocycles. The number of aryl methyl sites for hydroxylation is 1.